The zero-order valence-electron chi connectivity index (χ0n) is 10.7. The normalized spacial score (nSPS) is 20.3. The molecule has 0 bridgehead atoms. The molecule has 5 heteroatoms. The SMILES string of the molecule is FC(F)(F)c1ccccc1OCCC1CCCNC1. The van der Waals surface area contributed by atoms with Crippen molar-refractivity contribution in [3.8, 4) is 5.75 Å². The summed E-state index contributed by atoms with van der Waals surface area (Å²) in [4.78, 5) is 0. The van der Waals surface area contributed by atoms with Gasteiger partial charge in [-0.25, -0.2) is 0 Å². The molecule has 2 nitrogen and oxygen atoms in total. The molecule has 1 unspecified atom stereocenters. The summed E-state index contributed by atoms with van der Waals surface area (Å²) >= 11 is 0. The van der Waals surface area contributed by atoms with Crippen molar-refractivity contribution in [2.24, 2.45) is 5.92 Å². The topological polar surface area (TPSA) is 21.3 Å². The molecule has 0 spiro atoms. The zero-order chi connectivity index (χ0) is 13.7. The third kappa shape index (κ3) is 4.13. The van der Waals surface area contributed by atoms with E-state index in [1.807, 2.05) is 0 Å². The number of halogens is 3. The fraction of sp³-hybridized carbons (Fsp3) is 0.571. The van der Waals surface area contributed by atoms with Crippen LogP contribution in [0.25, 0.3) is 0 Å². The second kappa shape index (κ2) is 6.28. The number of alkyl halides is 3. The van der Waals surface area contributed by atoms with E-state index in [2.05, 4.69) is 5.32 Å². The van der Waals surface area contributed by atoms with Gasteiger partial charge in [-0.2, -0.15) is 13.2 Å². The number of benzene rings is 1. The van der Waals surface area contributed by atoms with Crippen molar-refractivity contribution in [1.82, 2.24) is 5.32 Å². The molecule has 1 aromatic rings. The van der Waals surface area contributed by atoms with Gasteiger partial charge in [0.15, 0.2) is 0 Å². The van der Waals surface area contributed by atoms with Gasteiger partial charge in [0.05, 0.1) is 12.2 Å². The van der Waals surface area contributed by atoms with Crippen molar-refractivity contribution in [3.05, 3.63) is 29.8 Å². The molecule has 0 radical (unpaired) electrons. The first-order valence-corrected chi connectivity index (χ1v) is 6.57. The fourth-order valence-corrected chi connectivity index (χ4v) is 2.33. The van der Waals surface area contributed by atoms with E-state index in [1.54, 1.807) is 6.07 Å². The molecule has 1 fully saturated rings. The Hall–Kier alpha value is -1.23. The predicted octanol–water partition coefficient (Wildman–Crippen LogP) is 3.47. The molecule has 0 aromatic heterocycles. The quantitative estimate of drug-likeness (QED) is 0.907. The second-order valence-corrected chi connectivity index (χ2v) is 4.84. The second-order valence-electron chi connectivity index (χ2n) is 4.84. The molecule has 106 valence electrons. The minimum Gasteiger partial charge on any atom is -0.493 e. The standard InChI is InChI=1S/C14H18F3NO/c15-14(16,17)12-5-1-2-6-13(12)19-9-7-11-4-3-8-18-10-11/h1-2,5-6,11,18H,3-4,7-10H2. The molecule has 1 aliphatic heterocycles. The zero-order valence-corrected chi connectivity index (χ0v) is 10.7. The summed E-state index contributed by atoms with van der Waals surface area (Å²) < 4.78 is 43.5. The van der Waals surface area contributed by atoms with Crippen molar-refractivity contribution in [3.63, 3.8) is 0 Å². The van der Waals surface area contributed by atoms with Crippen LogP contribution in [0.5, 0.6) is 5.75 Å². The summed E-state index contributed by atoms with van der Waals surface area (Å²) in [5.74, 6) is 0.436. The van der Waals surface area contributed by atoms with E-state index >= 15 is 0 Å². The van der Waals surface area contributed by atoms with Crippen LogP contribution < -0.4 is 10.1 Å². The van der Waals surface area contributed by atoms with E-state index < -0.39 is 11.7 Å². The highest BCUT2D eigenvalue weighted by Crippen LogP contribution is 2.36. The maximum Gasteiger partial charge on any atom is 0.419 e. The Morgan fingerprint density at radius 3 is 2.74 bits per heavy atom. The van der Waals surface area contributed by atoms with Crippen LogP contribution in [-0.4, -0.2) is 19.7 Å². The highest BCUT2D eigenvalue weighted by atomic mass is 19.4. The Morgan fingerprint density at radius 1 is 1.26 bits per heavy atom. The summed E-state index contributed by atoms with van der Waals surface area (Å²) in [6.07, 6.45) is -1.32. The van der Waals surface area contributed by atoms with Crippen LogP contribution in [-0.2, 0) is 6.18 Å². The minimum absolute atomic E-state index is 0.0706. The molecule has 0 amide bonds. The molecule has 1 atom stereocenters. The van der Waals surface area contributed by atoms with Crippen molar-refractivity contribution in [1.29, 1.82) is 0 Å². The number of nitrogens with one attached hydrogen (secondary N) is 1. The molecule has 1 saturated heterocycles. The highest BCUT2D eigenvalue weighted by Gasteiger charge is 2.34. The van der Waals surface area contributed by atoms with Crippen LogP contribution in [0.15, 0.2) is 24.3 Å². The summed E-state index contributed by atoms with van der Waals surface area (Å²) in [7, 11) is 0. The maximum atomic E-state index is 12.7. The van der Waals surface area contributed by atoms with Gasteiger partial charge in [0.1, 0.15) is 5.75 Å². The number of hydrogen-bond donors (Lipinski definition) is 1. The number of hydrogen-bond acceptors (Lipinski definition) is 2. The minimum atomic E-state index is -4.36. The predicted molar refractivity (Wildman–Crippen MR) is 67.1 cm³/mol. The van der Waals surface area contributed by atoms with Gasteiger partial charge in [-0.1, -0.05) is 12.1 Å². The molecular weight excluding hydrogens is 255 g/mol. The molecular formula is C14H18F3NO. The smallest absolute Gasteiger partial charge is 0.419 e. The Balaban J connectivity index is 1.88. The average molecular weight is 273 g/mol. The molecule has 19 heavy (non-hydrogen) atoms. The van der Waals surface area contributed by atoms with E-state index in [1.165, 1.54) is 12.1 Å². The number of rotatable bonds is 4. The molecule has 1 aromatic carbocycles. The molecule has 0 saturated carbocycles. The van der Waals surface area contributed by atoms with Crippen LogP contribution in [0.4, 0.5) is 13.2 Å². The van der Waals surface area contributed by atoms with Crippen molar-refractivity contribution < 1.29 is 17.9 Å². The van der Waals surface area contributed by atoms with Gasteiger partial charge in [0, 0.05) is 0 Å². The summed E-state index contributed by atoms with van der Waals surface area (Å²) in [5, 5.41) is 3.28. The van der Waals surface area contributed by atoms with Gasteiger partial charge in [0.25, 0.3) is 0 Å². The van der Waals surface area contributed by atoms with Gasteiger partial charge in [-0.15, -0.1) is 0 Å². The maximum absolute atomic E-state index is 12.7. The van der Waals surface area contributed by atoms with Gasteiger partial charge in [0.2, 0.25) is 0 Å². The van der Waals surface area contributed by atoms with Crippen LogP contribution >= 0.6 is 0 Å². The number of piperidine rings is 1. The van der Waals surface area contributed by atoms with Gasteiger partial charge in [-0.3, -0.25) is 0 Å². The van der Waals surface area contributed by atoms with E-state index in [9.17, 15) is 13.2 Å². The number of ether oxygens (including phenoxy) is 1. The molecule has 0 aliphatic carbocycles. The van der Waals surface area contributed by atoms with Gasteiger partial charge in [-0.05, 0) is 50.4 Å². The van der Waals surface area contributed by atoms with E-state index in [4.69, 9.17) is 4.74 Å². The van der Waals surface area contributed by atoms with Crippen molar-refractivity contribution in [2.45, 2.75) is 25.4 Å². The fourth-order valence-electron chi connectivity index (χ4n) is 2.33. The third-order valence-corrected chi connectivity index (χ3v) is 3.38. The van der Waals surface area contributed by atoms with Crippen LogP contribution in [0, 0.1) is 5.92 Å². The Bertz CT molecular complexity index is 400. The molecule has 1 heterocycles. The Kier molecular flexibility index (Phi) is 4.69. The monoisotopic (exact) mass is 273 g/mol. The van der Waals surface area contributed by atoms with Crippen LogP contribution in [0.2, 0.25) is 0 Å². The summed E-state index contributed by atoms with van der Waals surface area (Å²) in [5.41, 5.74) is -0.697. The van der Waals surface area contributed by atoms with E-state index in [-0.39, 0.29) is 5.75 Å². The van der Waals surface area contributed by atoms with Crippen LogP contribution in [0.3, 0.4) is 0 Å². The average Bonchev–Trinajstić information content (AvgIpc) is 2.39. The van der Waals surface area contributed by atoms with E-state index in [0.29, 0.717) is 12.5 Å². The first-order chi connectivity index (χ1) is 9.07. The summed E-state index contributed by atoms with van der Waals surface area (Å²) in [6.45, 7) is 2.30. The lowest BCUT2D eigenvalue weighted by Crippen LogP contribution is -2.30. The highest BCUT2D eigenvalue weighted by molar-refractivity contribution is 5.35. The first kappa shape index (κ1) is 14.2. The Morgan fingerprint density at radius 2 is 2.05 bits per heavy atom. The third-order valence-electron chi connectivity index (χ3n) is 3.38. The number of para-hydroxylation sites is 1. The van der Waals surface area contributed by atoms with Crippen molar-refractivity contribution in [2.75, 3.05) is 19.7 Å². The van der Waals surface area contributed by atoms with Gasteiger partial charge >= 0.3 is 6.18 Å². The lowest BCUT2D eigenvalue weighted by Gasteiger charge is -2.23. The molecule has 1 N–H and O–H groups in total. The molecule has 2 rings (SSSR count). The molecule has 1 aliphatic rings. The first-order valence-electron chi connectivity index (χ1n) is 6.57. The van der Waals surface area contributed by atoms with E-state index in [0.717, 1.165) is 38.4 Å². The van der Waals surface area contributed by atoms with Crippen LogP contribution in [0.1, 0.15) is 24.8 Å². The van der Waals surface area contributed by atoms with Crippen molar-refractivity contribution >= 4 is 0 Å². The summed E-state index contributed by atoms with van der Waals surface area (Å²) in [6, 6.07) is 5.37. The lowest BCUT2D eigenvalue weighted by molar-refractivity contribution is -0.139. The largest absolute Gasteiger partial charge is 0.493 e. The lowest BCUT2D eigenvalue weighted by atomic mass is 9.97. The Labute approximate surface area is 111 Å². The van der Waals surface area contributed by atoms with Gasteiger partial charge < -0.3 is 10.1 Å².